The summed E-state index contributed by atoms with van der Waals surface area (Å²) in [6, 6.07) is 10.3. The number of hydrogen-bond acceptors (Lipinski definition) is 5. The first kappa shape index (κ1) is 16.8. The van der Waals surface area contributed by atoms with Crippen molar-refractivity contribution in [1.82, 2.24) is 0 Å². The summed E-state index contributed by atoms with van der Waals surface area (Å²) in [5.74, 6) is 3.51. The first-order valence-corrected chi connectivity index (χ1v) is 9.59. The van der Waals surface area contributed by atoms with Gasteiger partial charge in [0.05, 0.1) is 20.3 Å². The van der Waals surface area contributed by atoms with Crippen molar-refractivity contribution in [3.8, 4) is 23.0 Å². The molecule has 5 heteroatoms. The Labute approximate surface area is 159 Å². The summed E-state index contributed by atoms with van der Waals surface area (Å²) in [6.45, 7) is 0.274. The molecule has 0 saturated heterocycles. The maximum atomic E-state index is 6.64. The first-order chi connectivity index (χ1) is 13.3. The molecule has 3 atom stereocenters. The Morgan fingerprint density at radius 2 is 1.59 bits per heavy atom. The minimum atomic E-state index is -0.145. The van der Waals surface area contributed by atoms with Gasteiger partial charge in [-0.3, -0.25) is 0 Å². The summed E-state index contributed by atoms with van der Waals surface area (Å²) in [7, 11) is 3.37. The van der Waals surface area contributed by atoms with Crippen LogP contribution in [0.2, 0.25) is 0 Å². The summed E-state index contributed by atoms with van der Waals surface area (Å²) in [5, 5.41) is 0. The number of methoxy groups -OCH3 is 2. The summed E-state index contributed by atoms with van der Waals surface area (Å²) in [4.78, 5) is 0. The van der Waals surface area contributed by atoms with Gasteiger partial charge in [0.15, 0.2) is 23.0 Å². The molecule has 0 aromatic heterocycles. The molecular weight excluding hydrogens is 344 g/mol. The second kappa shape index (κ2) is 6.64. The molecule has 1 saturated carbocycles. The van der Waals surface area contributed by atoms with E-state index in [2.05, 4.69) is 18.2 Å². The number of rotatable bonds is 3. The van der Waals surface area contributed by atoms with E-state index in [-0.39, 0.29) is 19.0 Å². The molecule has 2 heterocycles. The van der Waals surface area contributed by atoms with Gasteiger partial charge >= 0.3 is 0 Å². The fourth-order valence-electron chi connectivity index (χ4n) is 4.66. The van der Waals surface area contributed by atoms with Crippen LogP contribution in [0.3, 0.4) is 0 Å². The smallest absolute Gasteiger partial charge is 0.231 e. The lowest BCUT2D eigenvalue weighted by Gasteiger charge is -2.41. The molecule has 1 fully saturated rings. The van der Waals surface area contributed by atoms with Crippen LogP contribution in [0.1, 0.15) is 54.4 Å². The Kier molecular flexibility index (Phi) is 4.12. The molecule has 5 rings (SSSR count). The van der Waals surface area contributed by atoms with Crippen LogP contribution in [0.25, 0.3) is 0 Å². The highest BCUT2D eigenvalue weighted by Crippen LogP contribution is 2.50. The van der Waals surface area contributed by atoms with Crippen molar-refractivity contribution >= 4 is 0 Å². The molecule has 1 aliphatic carbocycles. The molecule has 2 aromatic carbocycles. The van der Waals surface area contributed by atoms with Crippen LogP contribution < -0.4 is 18.9 Å². The van der Waals surface area contributed by atoms with Crippen molar-refractivity contribution in [2.75, 3.05) is 21.0 Å². The van der Waals surface area contributed by atoms with Crippen molar-refractivity contribution in [3.05, 3.63) is 47.0 Å². The summed E-state index contributed by atoms with van der Waals surface area (Å²) >= 11 is 0. The zero-order valence-corrected chi connectivity index (χ0v) is 15.7. The fraction of sp³-hybridized carbons (Fsp3) is 0.455. The van der Waals surface area contributed by atoms with Crippen molar-refractivity contribution in [2.24, 2.45) is 0 Å². The van der Waals surface area contributed by atoms with Crippen molar-refractivity contribution < 1.29 is 23.7 Å². The molecule has 2 aromatic rings. The van der Waals surface area contributed by atoms with Gasteiger partial charge in [0.2, 0.25) is 6.79 Å². The van der Waals surface area contributed by atoms with Crippen LogP contribution in [0.5, 0.6) is 23.0 Å². The molecule has 0 amide bonds. The Morgan fingerprint density at radius 3 is 2.41 bits per heavy atom. The van der Waals surface area contributed by atoms with Crippen LogP contribution in [-0.2, 0) is 4.74 Å². The zero-order chi connectivity index (χ0) is 18.4. The van der Waals surface area contributed by atoms with Gasteiger partial charge in [0.25, 0.3) is 0 Å². The normalized spacial score (nSPS) is 25.5. The van der Waals surface area contributed by atoms with Gasteiger partial charge in [0.1, 0.15) is 6.10 Å². The monoisotopic (exact) mass is 368 g/mol. The van der Waals surface area contributed by atoms with Crippen molar-refractivity contribution in [1.29, 1.82) is 0 Å². The molecule has 0 radical (unpaired) electrons. The standard InChI is InChI=1S/C22H24O5/c1-23-19-10-15-14-5-3-4-6-17(14)27-22(16(15)11-20(19)24-2)13-7-8-18-21(9-13)26-12-25-18/h7-11,14,17,22H,3-6,12H2,1-2H3. The van der Waals surface area contributed by atoms with Crippen LogP contribution >= 0.6 is 0 Å². The molecular formula is C22H24O5. The lowest BCUT2D eigenvalue weighted by molar-refractivity contribution is -0.0391. The van der Waals surface area contributed by atoms with E-state index >= 15 is 0 Å². The highest BCUT2D eigenvalue weighted by Gasteiger charge is 2.39. The van der Waals surface area contributed by atoms with E-state index in [1.807, 2.05) is 12.1 Å². The van der Waals surface area contributed by atoms with E-state index in [0.29, 0.717) is 5.92 Å². The number of ether oxygens (including phenoxy) is 5. The van der Waals surface area contributed by atoms with E-state index in [9.17, 15) is 0 Å². The molecule has 142 valence electrons. The van der Waals surface area contributed by atoms with Crippen molar-refractivity contribution in [3.63, 3.8) is 0 Å². The molecule has 0 N–H and O–H groups in total. The maximum absolute atomic E-state index is 6.64. The Hall–Kier alpha value is -2.40. The molecule has 3 aliphatic rings. The second-order valence-corrected chi connectivity index (χ2v) is 7.39. The van der Waals surface area contributed by atoms with Gasteiger partial charge in [-0.15, -0.1) is 0 Å². The third kappa shape index (κ3) is 2.72. The minimum absolute atomic E-state index is 0.145. The van der Waals surface area contributed by atoms with Gasteiger partial charge in [-0.2, -0.15) is 0 Å². The average Bonchev–Trinajstić information content (AvgIpc) is 3.20. The predicted octanol–water partition coefficient (Wildman–Crippen LogP) is 4.58. The third-order valence-corrected chi connectivity index (χ3v) is 5.98. The highest BCUT2D eigenvalue weighted by molar-refractivity contribution is 5.54. The van der Waals surface area contributed by atoms with E-state index < -0.39 is 0 Å². The van der Waals surface area contributed by atoms with E-state index in [1.165, 1.54) is 18.4 Å². The summed E-state index contributed by atoms with van der Waals surface area (Å²) < 4.78 is 28.8. The number of hydrogen-bond donors (Lipinski definition) is 0. The Bertz CT molecular complexity index is 862. The molecule has 2 aliphatic heterocycles. The molecule has 5 nitrogen and oxygen atoms in total. The summed E-state index contributed by atoms with van der Waals surface area (Å²) in [6.07, 6.45) is 4.80. The molecule has 3 unspecified atom stereocenters. The quantitative estimate of drug-likeness (QED) is 0.794. The van der Waals surface area contributed by atoms with Crippen LogP contribution in [-0.4, -0.2) is 27.1 Å². The van der Waals surface area contributed by atoms with Gasteiger partial charge in [0, 0.05) is 5.92 Å². The second-order valence-electron chi connectivity index (χ2n) is 7.39. The highest BCUT2D eigenvalue weighted by atomic mass is 16.7. The van der Waals surface area contributed by atoms with E-state index in [4.69, 9.17) is 23.7 Å². The number of benzene rings is 2. The average molecular weight is 368 g/mol. The maximum Gasteiger partial charge on any atom is 0.231 e. The largest absolute Gasteiger partial charge is 0.493 e. The zero-order valence-electron chi connectivity index (χ0n) is 15.7. The molecule has 27 heavy (non-hydrogen) atoms. The van der Waals surface area contributed by atoms with Crippen LogP contribution in [0.15, 0.2) is 30.3 Å². The van der Waals surface area contributed by atoms with Crippen LogP contribution in [0, 0.1) is 0 Å². The molecule has 0 spiro atoms. The molecule has 0 bridgehead atoms. The lowest BCUT2D eigenvalue weighted by Crippen LogP contribution is -2.33. The first-order valence-electron chi connectivity index (χ1n) is 9.59. The van der Waals surface area contributed by atoms with Gasteiger partial charge < -0.3 is 23.7 Å². The topological polar surface area (TPSA) is 46.2 Å². The number of fused-ring (bicyclic) bond motifs is 4. The van der Waals surface area contributed by atoms with Gasteiger partial charge in [-0.25, -0.2) is 0 Å². The Balaban J connectivity index is 1.64. The Morgan fingerprint density at radius 1 is 0.852 bits per heavy atom. The fourth-order valence-corrected chi connectivity index (χ4v) is 4.66. The lowest BCUT2D eigenvalue weighted by atomic mass is 9.76. The minimum Gasteiger partial charge on any atom is -0.493 e. The predicted molar refractivity (Wildman–Crippen MR) is 100 cm³/mol. The van der Waals surface area contributed by atoms with Gasteiger partial charge in [-0.05, 0) is 53.8 Å². The van der Waals surface area contributed by atoms with E-state index in [0.717, 1.165) is 47.0 Å². The van der Waals surface area contributed by atoms with E-state index in [1.54, 1.807) is 14.2 Å². The summed E-state index contributed by atoms with van der Waals surface area (Å²) in [5.41, 5.74) is 3.57. The van der Waals surface area contributed by atoms with Crippen LogP contribution in [0.4, 0.5) is 0 Å². The van der Waals surface area contributed by atoms with Crippen molar-refractivity contribution in [2.45, 2.75) is 43.8 Å². The van der Waals surface area contributed by atoms with Gasteiger partial charge in [-0.1, -0.05) is 18.9 Å². The third-order valence-electron chi connectivity index (χ3n) is 5.98. The SMILES string of the molecule is COc1cc2c(cc1OC)C1CCCCC1OC2c1ccc2c(c1)OCO2.